The Kier molecular flexibility index (Phi) is 11.4. The molecule has 0 radical (unpaired) electrons. The highest BCUT2D eigenvalue weighted by molar-refractivity contribution is 7.13. The van der Waals surface area contributed by atoms with Gasteiger partial charge in [-0.1, -0.05) is 6.92 Å². The molecule has 0 saturated carbocycles. The number of likely N-dealkylation sites (N-methyl/N-ethyl adjacent to an activating group) is 1. The highest BCUT2D eigenvalue weighted by atomic mass is 32.1. The number of thiazole rings is 1. The lowest BCUT2D eigenvalue weighted by atomic mass is 10.0. The largest absolute Gasteiger partial charge is 0.477 e. The smallest absolute Gasteiger partial charge is 0.434 e. The van der Waals surface area contributed by atoms with E-state index in [4.69, 9.17) is 4.98 Å². The number of aromatic nitrogens is 4. The van der Waals surface area contributed by atoms with Gasteiger partial charge in [0.05, 0.1) is 5.39 Å². The fourth-order valence-corrected chi connectivity index (χ4v) is 6.92. The van der Waals surface area contributed by atoms with Gasteiger partial charge in [-0.05, 0) is 65.5 Å². The van der Waals surface area contributed by atoms with Crippen molar-refractivity contribution in [2.24, 2.45) is 0 Å². The second-order valence-electron chi connectivity index (χ2n) is 12.2. The van der Waals surface area contributed by atoms with Gasteiger partial charge in [-0.2, -0.15) is 13.2 Å². The van der Waals surface area contributed by atoms with E-state index in [2.05, 4.69) is 37.7 Å². The standard InChI is InChI=1S/C33H40F3N9O4S/c1-5-37-32(49)41-26-15-21(30-40-25(18-50-30)33(34,35)36)23(16-39-26)20-14-22-27(46)24(31(47)48)17-45(12-9-19-8-7-11-44(19)6-2)29(22)42-28(20)38-10-13-43(3)4/h14-19H,5-13H2,1-4H3,(H,38,42)(H,47,48)(H2,37,39,41,49)/t19-/m0/s1. The van der Waals surface area contributed by atoms with Gasteiger partial charge < -0.3 is 30.1 Å². The van der Waals surface area contributed by atoms with Gasteiger partial charge in [-0.15, -0.1) is 11.3 Å². The van der Waals surface area contributed by atoms with Crippen LogP contribution >= 0.6 is 11.3 Å². The summed E-state index contributed by atoms with van der Waals surface area (Å²) in [5, 5.41) is 19.4. The maximum absolute atomic E-state index is 13.7. The SMILES string of the molecule is CCNC(=O)Nc1cc(-c2nc(C(F)(F)F)cs2)c(-c2cc3c(=O)c(C(=O)O)cn(CC[C@@H]4CCCN4CC)c3nc2NCCN(C)C)cn1. The first-order chi connectivity index (χ1) is 23.8. The number of carbonyl (C=O) groups excluding carboxylic acids is 1. The van der Waals surface area contributed by atoms with Crippen molar-refractivity contribution < 1.29 is 27.9 Å². The molecule has 5 rings (SSSR count). The Morgan fingerprint density at radius 2 is 1.92 bits per heavy atom. The molecular formula is C33H40F3N9O4S. The summed E-state index contributed by atoms with van der Waals surface area (Å²) in [6.45, 7) is 7.47. The first kappa shape index (κ1) is 36.7. The summed E-state index contributed by atoms with van der Waals surface area (Å²) in [5.74, 6) is -1.02. The summed E-state index contributed by atoms with van der Waals surface area (Å²) in [7, 11) is 3.79. The first-order valence-corrected chi connectivity index (χ1v) is 17.2. The van der Waals surface area contributed by atoms with E-state index in [1.807, 2.05) is 19.0 Å². The maximum Gasteiger partial charge on any atom is 0.434 e. The van der Waals surface area contributed by atoms with Crippen LogP contribution in [0.25, 0.3) is 32.7 Å². The molecule has 17 heteroatoms. The molecular weight excluding hydrogens is 675 g/mol. The number of urea groups is 1. The minimum Gasteiger partial charge on any atom is -0.477 e. The van der Waals surface area contributed by atoms with Gasteiger partial charge in [0.1, 0.15) is 27.9 Å². The van der Waals surface area contributed by atoms with Crippen LogP contribution in [0.5, 0.6) is 0 Å². The molecule has 1 saturated heterocycles. The molecule has 50 heavy (non-hydrogen) atoms. The van der Waals surface area contributed by atoms with Gasteiger partial charge in [-0.3, -0.25) is 10.1 Å². The predicted octanol–water partition coefficient (Wildman–Crippen LogP) is 5.29. The highest BCUT2D eigenvalue weighted by Crippen LogP contribution is 2.41. The lowest BCUT2D eigenvalue weighted by molar-refractivity contribution is -0.140. The highest BCUT2D eigenvalue weighted by Gasteiger charge is 2.34. The molecule has 1 fully saturated rings. The number of nitrogens with one attached hydrogen (secondary N) is 3. The van der Waals surface area contributed by atoms with Crippen molar-refractivity contribution in [2.75, 3.05) is 57.5 Å². The van der Waals surface area contributed by atoms with E-state index in [0.29, 0.717) is 43.6 Å². The quantitative estimate of drug-likeness (QED) is 0.143. The van der Waals surface area contributed by atoms with Gasteiger partial charge in [0.15, 0.2) is 5.69 Å². The number of hydrogen-bond acceptors (Lipinski definition) is 10. The second kappa shape index (κ2) is 15.5. The number of fused-ring (bicyclic) bond motifs is 1. The van der Waals surface area contributed by atoms with E-state index < -0.39 is 34.9 Å². The summed E-state index contributed by atoms with van der Waals surface area (Å²) in [6, 6.07) is 2.66. The predicted molar refractivity (Wildman–Crippen MR) is 187 cm³/mol. The summed E-state index contributed by atoms with van der Waals surface area (Å²) >= 11 is 0.758. The zero-order chi connectivity index (χ0) is 36.2. The van der Waals surface area contributed by atoms with Crippen LogP contribution in [0.3, 0.4) is 0 Å². The van der Waals surface area contributed by atoms with Crippen molar-refractivity contribution in [1.82, 2.24) is 34.6 Å². The zero-order valence-corrected chi connectivity index (χ0v) is 29.0. The summed E-state index contributed by atoms with van der Waals surface area (Å²) in [5.41, 5.74) is -1.22. The number of aryl methyl sites for hydroxylation is 1. The Hall–Kier alpha value is -4.61. The van der Waals surface area contributed by atoms with Gasteiger partial charge >= 0.3 is 18.2 Å². The fourth-order valence-electron chi connectivity index (χ4n) is 6.06. The number of carbonyl (C=O) groups is 2. The Labute approximate surface area is 290 Å². The van der Waals surface area contributed by atoms with Crippen LogP contribution in [0, 0.1) is 0 Å². The monoisotopic (exact) mass is 715 g/mol. The number of likely N-dealkylation sites (tertiary alicyclic amines) is 1. The van der Waals surface area contributed by atoms with E-state index in [0.717, 1.165) is 49.1 Å². The average Bonchev–Trinajstić information content (AvgIpc) is 3.74. The molecule has 4 aromatic heterocycles. The van der Waals surface area contributed by atoms with E-state index in [1.54, 1.807) is 11.5 Å². The fraction of sp³-hybridized carbons (Fsp3) is 0.455. The Balaban J connectivity index is 1.72. The van der Waals surface area contributed by atoms with Crippen molar-refractivity contribution in [1.29, 1.82) is 0 Å². The molecule has 5 heterocycles. The molecule has 4 N–H and O–H groups in total. The number of alkyl halides is 3. The Morgan fingerprint density at radius 3 is 2.58 bits per heavy atom. The zero-order valence-electron chi connectivity index (χ0n) is 28.2. The lowest BCUT2D eigenvalue weighted by Gasteiger charge is -2.24. The van der Waals surface area contributed by atoms with E-state index >= 15 is 0 Å². The van der Waals surface area contributed by atoms with Crippen LogP contribution in [0.1, 0.15) is 49.2 Å². The minimum atomic E-state index is -4.70. The number of carboxylic acid groups (broad SMARTS) is 1. The Bertz CT molecular complexity index is 1930. The number of pyridine rings is 3. The van der Waals surface area contributed by atoms with Crippen molar-refractivity contribution in [3.8, 4) is 21.7 Å². The number of amides is 2. The van der Waals surface area contributed by atoms with Gasteiger partial charge in [0, 0.05) is 66.7 Å². The van der Waals surface area contributed by atoms with E-state index in [-0.39, 0.29) is 33.0 Å². The molecule has 0 aromatic carbocycles. The van der Waals surface area contributed by atoms with E-state index in [9.17, 15) is 32.7 Å². The third-order valence-electron chi connectivity index (χ3n) is 8.54. The average molecular weight is 716 g/mol. The first-order valence-electron chi connectivity index (χ1n) is 16.3. The van der Waals surface area contributed by atoms with Crippen LogP contribution in [0.15, 0.2) is 34.7 Å². The molecule has 0 bridgehead atoms. The number of hydrogen-bond donors (Lipinski definition) is 4. The number of aromatic carboxylic acids is 1. The summed E-state index contributed by atoms with van der Waals surface area (Å²) in [6.07, 6.45) is 0.807. The molecule has 1 atom stereocenters. The molecule has 2 amide bonds. The number of anilines is 2. The number of halogens is 3. The lowest BCUT2D eigenvalue weighted by Crippen LogP contribution is -2.30. The van der Waals surface area contributed by atoms with Gasteiger partial charge in [0.2, 0.25) is 5.43 Å². The van der Waals surface area contributed by atoms with Crippen LogP contribution in [-0.4, -0.2) is 99.3 Å². The van der Waals surface area contributed by atoms with Crippen molar-refractivity contribution in [3.05, 3.63) is 51.4 Å². The molecule has 0 spiro atoms. The molecule has 1 aliphatic rings. The third-order valence-corrected chi connectivity index (χ3v) is 9.41. The van der Waals surface area contributed by atoms with Crippen molar-refractivity contribution in [3.63, 3.8) is 0 Å². The van der Waals surface area contributed by atoms with Crippen LogP contribution in [0.2, 0.25) is 0 Å². The normalized spacial score (nSPS) is 15.2. The molecule has 0 unspecified atom stereocenters. The van der Waals surface area contributed by atoms with Crippen LogP contribution in [0.4, 0.5) is 29.6 Å². The number of carboxylic acids is 1. The molecule has 268 valence electrons. The molecule has 1 aliphatic heterocycles. The topological polar surface area (TPSA) is 158 Å². The summed E-state index contributed by atoms with van der Waals surface area (Å²) < 4.78 is 42.7. The Morgan fingerprint density at radius 1 is 1.14 bits per heavy atom. The number of rotatable bonds is 13. The molecule has 13 nitrogen and oxygen atoms in total. The summed E-state index contributed by atoms with van der Waals surface area (Å²) in [4.78, 5) is 55.8. The van der Waals surface area contributed by atoms with Crippen molar-refractivity contribution >= 4 is 46.0 Å². The maximum atomic E-state index is 13.7. The van der Waals surface area contributed by atoms with Gasteiger partial charge in [-0.25, -0.2) is 24.5 Å². The molecule has 4 aromatic rings. The van der Waals surface area contributed by atoms with Gasteiger partial charge in [0.25, 0.3) is 0 Å². The minimum absolute atomic E-state index is 0.0123. The number of nitrogens with zero attached hydrogens (tertiary/aromatic N) is 6. The third kappa shape index (κ3) is 8.22. The molecule has 0 aliphatic carbocycles. The van der Waals surface area contributed by atoms with Crippen LogP contribution < -0.4 is 21.4 Å². The van der Waals surface area contributed by atoms with Crippen LogP contribution in [-0.2, 0) is 12.7 Å². The second-order valence-corrected chi connectivity index (χ2v) is 13.1. The van der Waals surface area contributed by atoms with Crippen molar-refractivity contribution in [2.45, 2.75) is 51.9 Å². The van der Waals surface area contributed by atoms with E-state index in [1.165, 1.54) is 24.5 Å².